The maximum absolute atomic E-state index is 3.89. The fraction of sp³-hybridized carbons (Fsp3) is 1.00. The average molecular weight is 225 g/mol. The first-order valence-corrected chi connectivity index (χ1v) is 7.41. The third-order valence-corrected chi connectivity index (χ3v) is 4.36. The van der Waals surface area contributed by atoms with Gasteiger partial charge in [-0.1, -0.05) is 34.1 Å². The van der Waals surface area contributed by atoms with Crippen molar-refractivity contribution in [2.45, 2.75) is 84.7 Å². The van der Waals surface area contributed by atoms with E-state index in [0.717, 1.165) is 23.9 Å². The second-order valence-corrected chi connectivity index (χ2v) is 5.98. The van der Waals surface area contributed by atoms with Gasteiger partial charge in [-0.2, -0.15) is 0 Å². The van der Waals surface area contributed by atoms with Crippen LogP contribution in [0.2, 0.25) is 0 Å². The molecule has 1 rings (SSSR count). The van der Waals surface area contributed by atoms with Crippen molar-refractivity contribution in [1.82, 2.24) is 5.32 Å². The Morgan fingerprint density at radius 1 is 1.06 bits per heavy atom. The molecule has 1 aliphatic carbocycles. The van der Waals surface area contributed by atoms with Gasteiger partial charge in [0.15, 0.2) is 0 Å². The molecule has 1 nitrogen and oxygen atoms in total. The molecular formula is C15H31N. The minimum Gasteiger partial charge on any atom is -0.311 e. The molecule has 1 heteroatoms. The number of nitrogens with one attached hydrogen (secondary N) is 1. The summed E-state index contributed by atoms with van der Waals surface area (Å²) in [7, 11) is 0. The first-order valence-electron chi connectivity index (χ1n) is 7.41. The summed E-state index contributed by atoms with van der Waals surface area (Å²) in [5.74, 6) is 1.84. The minimum absolute atomic E-state index is 0.758. The monoisotopic (exact) mass is 225 g/mol. The summed E-state index contributed by atoms with van der Waals surface area (Å²) in [4.78, 5) is 0. The van der Waals surface area contributed by atoms with E-state index in [1.54, 1.807) is 0 Å². The largest absolute Gasteiger partial charge is 0.311 e. The third kappa shape index (κ3) is 4.86. The van der Waals surface area contributed by atoms with Gasteiger partial charge in [-0.25, -0.2) is 0 Å². The van der Waals surface area contributed by atoms with E-state index in [4.69, 9.17) is 0 Å². The van der Waals surface area contributed by atoms with Crippen molar-refractivity contribution >= 4 is 0 Å². The van der Waals surface area contributed by atoms with Gasteiger partial charge in [0.1, 0.15) is 0 Å². The van der Waals surface area contributed by atoms with Crippen LogP contribution in [0.3, 0.4) is 0 Å². The van der Waals surface area contributed by atoms with Crippen LogP contribution in [-0.2, 0) is 0 Å². The second-order valence-electron chi connectivity index (χ2n) is 5.98. The molecular weight excluding hydrogens is 194 g/mol. The highest BCUT2D eigenvalue weighted by atomic mass is 14.9. The van der Waals surface area contributed by atoms with E-state index in [-0.39, 0.29) is 0 Å². The molecule has 1 saturated carbocycles. The summed E-state index contributed by atoms with van der Waals surface area (Å²) in [6.07, 6.45) is 9.63. The first-order chi connectivity index (χ1) is 7.65. The Hall–Kier alpha value is -0.0400. The molecule has 0 spiro atoms. The van der Waals surface area contributed by atoms with Crippen LogP contribution in [0.5, 0.6) is 0 Å². The lowest BCUT2D eigenvalue weighted by Crippen LogP contribution is -2.40. The Balaban J connectivity index is 2.27. The van der Waals surface area contributed by atoms with Gasteiger partial charge in [0.25, 0.3) is 0 Å². The quantitative estimate of drug-likeness (QED) is 0.708. The van der Waals surface area contributed by atoms with Gasteiger partial charge < -0.3 is 5.32 Å². The Bertz CT molecular complexity index is 170. The van der Waals surface area contributed by atoms with Crippen molar-refractivity contribution in [3.63, 3.8) is 0 Å². The van der Waals surface area contributed by atoms with Gasteiger partial charge >= 0.3 is 0 Å². The van der Waals surface area contributed by atoms with Crippen molar-refractivity contribution in [2.24, 2.45) is 11.8 Å². The summed E-state index contributed by atoms with van der Waals surface area (Å²) < 4.78 is 0. The van der Waals surface area contributed by atoms with Gasteiger partial charge in [-0.05, 0) is 50.4 Å². The second kappa shape index (κ2) is 7.32. The molecule has 16 heavy (non-hydrogen) atoms. The summed E-state index contributed by atoms with van der Waals surface area (Å²) in [6, 6.07) is 1.57. The zero-order valence-electron chi connectivity index (χ0n) is 11.8. The molecule has 2 unspecified atom stereocenters. The van der Waals surface area contributed by atoms with Crippen LogP contribution in [0.4, 0.5) is 0 Å². The standard InChI is InChI=1S/C15H31N/c1-5-12(3)11-14(6-2)16-15-9-7-13(4)8-10-15/h12-16H,5-11H2,1-4H3. The average Bonchev–Trinajstić information content (AvgIpc) is 2.30. The van der Waals surface area contributed by atoms with E-state index in [0.29, 0.717) is 0 Å². The van der Waals surface area contributed by atoms with E-state index < -0.39 is 0 Å². The van der Waals surface area contributed by atoms with E-state index in [1.165, 1.54) is 44.9 Å². The molecule has 0 aliphatic heterocycles. The molecule has 1 aliphatic rings. The topological polar surface area (TPSA) is 12.0 Å². The molecule has 0 aromatic rings. The van der Waals surface area contributed by atoms with Gasteiger partial charge in [-0.3, -0.25) is 0 Å². The van der Waals surface area contributed by atoms with Crippen LogP contribution < -0.4 is 5.32 Å². The number of hydrogen-bond donors (Lipinski definition) is 1. The summed E-state index contributed by atoms with van der Waals surface area (Å²) in [6.45, 7) is 9.41. The van der Waals surface area contributed by atoms with Crippen LogP contribution in [0.25, 0.3) is 0 Å². The molecule has 1 N–H and O–H groups in total. The minimum atomic E-state index is 0.758. The summed E-state index contributed by atoms with van der Waals surface area (Å²) >= 11 is 0. The molecule has 0 heterocycles. The molecule has 0 saturated heterocycles. The van der Waals surface area contributed by atoms with Gasteiger partial charge in [-0.15, -0.1) is 0 Å². The van der Waals surface area contributed by atoms with Crippen molar-refractivity contribution in [3.05, 3.63) is 0 Å². The van der Waals surface area contributed by atoms with Gasteiger partial charge in [0.2, 0.25) is 0 Å². The molecule has 0 bridgehead atoms. The molecule has 0 aromatic carbocycles. The van der Waals surface area contributed by atoms with Crippen LogP contribution in [0.1, 0.15) is 72.6 Å². The Morgan fingerprint density at radius 2 is 1.69 bits per heavy atom. The molecule has 2 atom stereocenters. The van der Waals surface area contributed by atoms with Crippen LogP contribution in [0.15, 0.2) is 0 Å². The molecule has 0 amide bonds. The lowest BCUT2D eigenvalue weighted by molar-refractivity contribution is 0.266. The zero-order chi connectivity index (χ0) is 12.0. The third-order valence-electron chi connectivity index (χ3n) is 4.36. The smallest absolute Gasteiger partial charge is 0.00698 e. The summed E-state index contributed by atoms with van der Waals surface area (Å²) in [5.41, 5.74) is 0. The van der Waals surface area contributed by atoms with Crippen LogP contribution >= 0.6 is 0 Å². The van der Waals surface area contributed by atoms with E-state index in [9.17, 15) is 0 Å². The Labute approximate surface area is 102 Å². The maximum Gasteiger partial charge on any atom is 0.00698 e. The first kappa shape index (κ1) is 14.0. The predicted octanol–water partition coefficient (Wildman–Crippen LogP) is 4.37. The maximum atomic E-state index is 3.89. The molecule has 96 valence electrons. The highest BCUT2D eigenvalue weighted by Crippen LogP contribution is 2.24. The van der Waals surface area contributed by atoms with E-state index in [1.807, 2.05) is 0 Å². The van der Waals surface area contributed by atoms with Gasteiger partial charge in [0, 0.05) is 12.1 Å². The number of rotatable bonds is 6. The number of hydrogen-bond acceptors (Lipinski definition) is 1. The molecule has 1 fully saturated rings. The zero-order valence-corrected chi connectivity index (χ0v) is 11.8. The lowest BCUT2D eigenvalue weighted by Gasteiger charge is -2.31. The van der Waals surface area contributed by atoms with Crippen molar-refractivity contribution < 1.29 is 0 Å². The van der Waals surface area contributed by atoms with E-state index in [2.05, 4.69) is 33.0 Å². The Morgan fingerprint density at radius 3 is 2.19 bits per heavy atom. The van der Waals surface area contributed by atoms with Gasteiger partial charge in [0.05, 0.1) is 0 Å². The summed E-state index contributed by atoms with van der Waals surface area (Å²) in [5, 5.41) is 3.89. The highest BCUT2D eigenvalue weighted by Gasteiger charge is 2.20. The predicted molar refractivity (Wildman–Crippen MR) is 72.7 cm³/mol. The fourth-order valence-electron chi connectivity index (χ4n) is 2.77. The SMILES string of the molecule is CCC(C)CC(CC)NC1CCC(C)CC1. The lowest BCUT2D eigenvalue weighted by atomic mass is 9.86. The van der Waals surface area contributed by atoms with Crippen molar-refractivity contribution in [1.29, 1.82) is 0 Å². The van der Waals surface area contributed by atoms with E-state index >= 15 is 0 Å². The Kier molecular flexibility index (Phi) is 6.41. The molecule has 0 radical (unpaired) electrons. The van der Waals surface area contributed by atoms with Crippen LogP contribution in [0, 0.1) is 11.8 Å². The molecule has 0 aromatic heterocycles. The fourth-order valence-corrected chi connectivity index (χ4v) is 2.77. The van der Waals surface area contributed by atoms with Crippen molar-refractivity contribution in [2.75, 3.05) is 0 Å². The van der Waals surface area contributed by atoms with Crippen LogP contribution in [-0.4, -0.2) is 12.1 Å². The highest BCUT2D eigenvalue weighted by molar-refractivity contribution is 4.79. The van der Waals surface area contributed by atoms with Crippen molar-refractivity contribution in [3.8, 4) is 0 Å². The normalized spacial score (nSPS) is 30.0.